The Morgan fingerprint density at radius 3 is 2.27 bits per heavy atom. The normalized spacial score (nSPS) is 12.5. The number of nitrogens with one attached hydrogen (secondary N) is 2. The molecular weight excluding hydrogens is 399 g/mol. The zero-order chi connectivity index (χ0) is 19.5. The van der Waals surface area contributed by atoms with Gasteiger partial charge in [0.05, 0.1) is 18.0 Å². The number of carbonyl (C=O) groups is 1. The van der Waals surface area contributed by atoms with Gasteiger partial charge in [-0.05, 0) is 55.8 Å². The molecule has 2 N–H and O–H groups in total. The molecule has 140 valence electrons. The number of carbonyl (C=O) groups excluding carboxylic acids is 1. The average molecular weight is 417 g/mol. The van der Waals surface area contributed by atoms with Crippen molar-refractivity contribution < 1.29 is 17.9 Å². The Balaban J connectivity index is 2.13. The molecule has 0 aliphatic rings. The third kappa shape index (κ3) is 5.11. The Hall–Kier alpha value is -1.80. The van der Waals surface area contributed by atoms with Gasteiger partial charge in [0, 0.05) is 15.7 Å². The van der Waals surface area contributed by atoms with Crippen LogP contribution in [0.25, 0.3) is 0 Å². The number of methoxy groups -OCH3 is 1. The van der Waals surface area contributed by atoms with E-state index < -0.39 is 22.0 Å². The summed E-state index contributed by atoms with van der Waals surface area (Å²) in [7, 11) is -2.38. The standard InChI is InChI=1S/C17H18Cl2N2O4S/c1-10-6-15(4-5-16(10)25-3)26(23,24)21-11(2)17(22)20-14-8-12(18)7-13(19)9-14/h4-9,11,21H,1-3H3,(H,20,22)/t11-/m0/s1. The third-order valence-electron chi connectivity index (χ3n) is 3.53. The summed E-state index contributed by atoms with van der Waals surface area (Å²) in [4.78, 5) is 12.3. The lowest BCUT2D eigenvalue weighted by atomic mass is 10.2. The SMILES string of the molecule is COc1ccc(S(=O)(=O)N[C@@H](C)C(=O)Nc2cc(Cl)cc(Cl)c2)cc1C. The highest BCUT2D eigenvalue weighted by Crippen LogP contribution is 2.23. The zero-order valence-electron chi connectivity index (χ0n) is 14.3. The highest BCUT2D eigenvalue weighted by atomic mass is 35.5. The summed E-state index contributed by atoms with van der Waals surface area (Å²) in [5.74, 6) is 0.0321. The van der Waals surface area contributed by atoms with Crippen LogP contribution in [0.1, 0.15) is 12.5 Å². The summed E-state index contributed by atoms with van der Waals surface area (Å²) in [6, 6.07) is 7.98. The molecule has 0 bridgehead atoms. The summed E-state index contributed by atoms with van der Waals surface area (Å²) in [6.45, 7) is 3.17. The van der Waals surface area contributed by atoms with Gasteiger partial charge in [-0.25, -0.2) is 8.42 Å². The van der Waals surface area contributed by atoms with Crippen molar-refractivity contribution in [3.8, 4) is 5.75 Å². The van der Waals surface area contributed by atoms with Crippen molar-refractivity contribution in [1.82, 2.24) is 4.72 Å². The molecule has 0 heterocycles. The van der Waals surface area contributed by atoms with Gasteiger partial charge in [0.15, 0.2) is 0 Å². The van der Waals surface area contributed by atoms with Crippen molar-refractivity contribution >= 4 is 44.8 Å². The molecule has 6 nitrogen and oxygen atoms in total. The van der Waals surface area contributed by atoms with Gasteiger partial charge in [-0.15, -0.1) is 0 Å². The molecule has 0 unspecified atom stereocenters. The number of ether oxygens (including phenoxy) is 1. The minimum atomic E-state index is -3.88. The van der Waals surface area contributed by atoms with Crippen molar-refractivity contribution in [3.05, 3.63) is 52.0 Å². The first-order valence-electron chi connectivity index (χ1n) is 7.56. The number of amides is 1. The maximum absolute atomic E-state index is 12.5. The van der Waals surface area contributed by atoms with Crippen LogP contribution in [0.15, 0.2) is 41.3 Å². The van der Waals surface area contributed by atoms with Crippen LogP contribution in [0.5, 0.6) is 5.75 Å². The minimum absolute atomic E-state index is 0.0428. The van der Waals surface area contributed by atoms with Gasteiger partial charge in [0.1, 0.15) is 5.75 Å². The largest absolute Gasteiger partial charge is 0.496 e. The smallest absolute Gasteiger partial charge is 0.242 e. The lowest BCUT2D eigenvalue weighted by Crippen LogP contribution is -2.41. The van der Waals surface area contributed by atoms with Crippen LogP contribution < -0.4 is 14.8 Å². The lowest BCUT2D eigenvalue weighted by molar-refractivity contribution is -0.117. The maximum Gasteiger partial charge on any atom is 0.242 e. The molecule has 0 saturated carbocycles. The summed E-state index contributed by atoms with van der Waals surface area (Å²) in [5.41, 5.74) is 1.04. The molecule has 0 aliphatic heterocycles. The second-order valence-corrected chi connectivity index (χ2v) is 8.21. The van der Waals surface area contributed by atoms with Crippen LogP contribution in [0, 0.1) is 6.92 Å². The fourth-order valence-electron chi connectivity index (χ4n) is 2.25. The van der Waals surface area contributed by atoms with E-state index in [2.05, 4.69) is 10.0 Å². The van der Waals surface area contributed by atoms with Gasteiger partial charge >= 0.3 is 0 Å². The molecule has 2 aromatic carbocycles. The van der Waals surface area contributed by atoms with Gasteiger partial charge < -0.3 is 10.1 Å². The molecule has 0 aliphatic carbocycles. The predicted octanol–water partition coefficient (Wildman–Crippen LogP) is 3.62. The van der Waals surface area contributed by atoms with Gasteiger partial charge in [-0.3, -0.25) is 4.79 Å². The first kappa shape index (κ1) is 20.5. The molecule has 1 amide bonds. The van der Waals surface area contributed by atoms with Crippen LogP contribution >= 0.6 is 23.2 Å². The van der Waals surface area contributed by atoms with Gasteiger partial charge in [0.2, 0.25) is 15.9 Å². The molecule has 1 atom stereocenters. The van der Waals surface area contributed by atoms with Gasteiger partial charge in [0.25, 0.3) is 0 Å². The number of anilines is 1. The van der Waals surface area contributed by atoms with E-state index in [1.807, 2.05) is 0 Å². The number of benzene rings is 2. The zero-order valence-corrected chi connectivity index (χ0v) is 16.7. The summed E-state index contributed by atoms with van der Waals surface area (Å²) in [5, 5.41) is 3.28. The first-order valence-corrected chi connectivity index (χ1v) is 9.80. The van der Waals surface area contributed by atoms with E-state index >= 15 is 0 Å². The van der Waals surface area contributed by atoms with Gasteiger partial charge in [-0.1, -0.05) is 23.2 Å². The van der Waals surface area contributed by atoms with Crippen molar-refractivity contribution in [2.45, 2.75) is 24.8 Å². The van der Waals surface area contributed by atoms with Crippen molar-refractivity contribution in [3.63, 3.8) is 0 Å². The molecule has 0 saturated heterocycles. The van der Waals surface area contributed by atoms with E-state index in [0.717, 1.165) is 0 Å². The first-order chi connectivity index (χ1) is 12.1. The van der Waals surface area contributed by atoms with E-state index in [1.165, 1.54) is 44.4 Å². The highest BCUT2D eigenvalue weighted by Gasteiger charge is 2.23. The number of aryl methyl sites for hydroxylation is 1. The Morgan fingerprint density at radius 1 is 1.12 bits per heavy atom. The third-order valence-corrected chi connectivity index (χ3v) is 5.51. The second kappa shape index (κ2) is 8.26. The Bertz CT molecular complexity index is 912. The summed E-state index contributed by atoms with van der Waals surface area (Å²) >= 11 is 11.8. The molecule has 0 radical (unpaired) electrons. The topological polar surface area (TPSA) is 84.5 Å². The van der Waals surface area contributed by atoms with Crippen LogP contribution in [-0.2, 0) is 14.8 Å². The average Bonchev–Trinajstić information content (AvgIpc) is 2.53. The van der Waals surface area contributed by atoms with Crippen molar-refractivity contribution in [2.24, 2.45) is 0 Å². The second-order valence-electron chi connectivity index (χ2n) is 5.62. The van der Waals surface area contributed by atoms with Crippen LogP contribution in [0.3, 0.4) is 0 Å². The number of halogens is 2. The van der Waals surface area contributed by atoms with E-state index in [9.17, 15) is 13.2 Å². The van der Waals surface area contributed by atoms with Crippen molar-refractivity contribution in [2.75, 3.05) is 12.4 Å². The quantitative estimate of drug-likeness (QED) is 0.752. The minimum Gasteiger partial charge on any atom is -0.496 e. The molecule has 2 rings (SSSR count). The predicted molar refractivity (Wildman–Crippen MR) is 103 cm³/mol. The summed E-state index contributed by atoms with van der Waals surface area (Å²) < 4.78 is 32.4. The fourth-order valence-corrected chi connectivity index (χ4v) is 4.06. The van der Waals surface area contributed by atoms with E-state index in [4.69, 9.17) is 27.9 Å². The molecule has 0 fully saturated rings. The van der Waals surface area contributed by atoms with E-state index in [1.54, 1.807) is 13.0 Å². The fraction of sp³-hybridized carbons (Fsp3) is 0.235. The lowest BCUT2D eigenvalue weighted by Gasteiger charge is -2.15. The summed E-state index contributed by atoms with van der Waals surface area (Å²) in [6.07, 6.45) is 0. The van der Waals surface area contributed by atoms with E-state index in [-0.39, 0.29) is 4.90 Å². The number of hydrogen-bond acceptors (Lipinski definition) is 4. The number of sulfonamides is 1. The van der Waals surface area contributed by atoms with Crippen molar-refractivity contribution in [1.29, 1.82) is 0 Å². The van der Waals surface area contributed by atoms with Gasteiger partial charge in [-0.2, -0.15) is 4.72 Å². The number of hydrogen-bond donors (Lipinski definition) is 2. The van der Waals surface area contributed by atoms with Crippen LogP contribution in [-0.4, -0.2) is 27.5 Å². The van der Waals surface area contributed by atoms with Crippen LogP contribution in [0.2, 0.25) is 10.0 Å². The Kier molecular flexibility index (Phi) is 6.52. The molecule has 0 aromatic heterocycles. The van der Waals surface area contributed by atoms with E-state index in [0.29, 0.717) is 27.0 Å². The molecule has 0 spiro atoms. The Labute approximate surface area is 162 Å². The maximum atomic E-state index is 12.5. The highest BCUT2D eigenvalue weighted by molar-refractivity contribution is 7.89. The molecular formula is C17H18Cl2N2O4S. The van der Waals surface area contributed by atoms with Crippen LogP contribution in [0.4, 0.5) is 5.69 Å². The molecule has 9 heteroatoms. The molecule has 2 aromatic rings. The Morgan fingerprint density at radius 2 is 1.73 bits per heavy atom. The number of rotatable bonds is 6. The monoisotopic (exact) mass is 416 g/mol. The molecule has 26 heavy (non-hydrogen) atoms.